The minimum absolute atomic E-state index is 0.291. The van der Waals surface area contributed by atoms with E-state index in [0.717, 1.165) is 29.3 Å². The highest BCUT2D eigenvalue weighted by atomic mass is 16.7. The van der Waals surface area contributed by atoms with Crippen molar-refractivity contribution in [1.29, 1.82) is 0 Å². The fraction of sp³-hybridized carbons (Fsp3) is 0.571. The lowest BCUT2D eigenvalue weighted by Crippen LogP contribution is -2.41. The van der Waals surface area contributed by atoms with Crippen LogP contribution in [0.25, 0.3) is 10.9 Å². The zero-order valence-corrected chi connectivity index (χ0v) is 16.6. The molecule has 2 fully saturated rings. The Balaban J connectivity index is 1.84. The number of carboxylic acid groups (broad SMARTS) is 1. The summed E-state index contributed by atoms with van der Waals surface area (Å²) in [6, 6.07) is 5.35. The van der Waals surface area contributed by atoms with E-state index in [0.29, 0.717) is 11.5 Å². The quantitative estimate of drug-likeness (QED) is 0.795. The molecule has 1 aromatic carbocycles. The van der Waals surface area contributed by atoms with Gasteiger partial charge in [0, 0.05) is 16.5 Å². The zero-order chi connectivity index (χ0) is 19.4. The second-order valence-corrected chi connectivity index (χ2v) is 8.94. The van der Waals surface area contributed by atoms with E-state index in [-0.39, 0.29) is 0 Å². The van der Waals surface area contributed by atoms with Crippen molar-refractivity contribution in [2.45, 2.75) is 76.9 Å². The molecule has 0 radical (unpaired) electrons. The van der Waals surface area contributed by atoms with Gasteiger partial charge in [0.25, 0.3) is 0 Å². The van der Waals surface area contributed by atoms with E-state index < -0.39 is 24.3 Å². The summed E-state index contributed by atoms with van der Waals surface area (Å²) in [6.45, 7) is 8.22. The van der Waals surface area contributed by atoms with Crippen molar-refractivity contribution in [2.75, 3.05) is 0 Å². The molecule has 1 aliphatic carbocycles. The SMILES string of the molecule is CC1(C)OB(c2[nH]c3cc(C(=O)O)ccc3c2C2CCCCC2)OC1(C)C. The van der Waals surface area contributed by atoms with Crippen molar-refractivity contribution in [1.82, 2.24) is 4.98 Å². The van der Waals surface area contributed by atoms with E-state index in [9.17, 15) is 9.90 Å². The molecule has 27 heavy (non-hydrogen) atoms. The molecule has 1 aliphatic heterocycles. The summed E-state index contributed by atoms with van der Waals surface area (Å²) in [4.78, 5) is 14.9. The summed E-state index contributed by atoms with van der Waals surface area (Å²) in [5, 5.41) is 10.4. The Labute approximate surface area is 160 Å². The number of aromatic amines is 1. The topological polar surface area (TPSA) is 71.6 Å². The van der Waals surface area contributed by atoms with Crippen LogP contribution in [-0.4, -0.2) is 34.4 Å². The Morgan fingerprint density at radius 3 is 2.33 bits per heavy atom. The zero-order valence-electron chi connectivity index (χ0n) is 16.6. The number of rotatable bonds is 3. The normalized spacial score (nSPS) is 22.4. The van der Waals surface area contributed by atoms with Crippen molar-refractivity contribution < 1.29 is 19.2 Å². The van der Waals surface area contributed by atoms with Crippen LogP contribution in [0.15, 0.2) is 18.2 Å². The molecular formula is C21H28BNO4. The first-order chi connectivity index (χ1) is 12.7. The van der Waals surface area contributed by atoms with Gasteiger partial charge in [-0.2, -0.15) is 0 Å². The minimum Gasteiger partial charge on any atom is -0.478 e. The molecule has 4 rings (SSSR count). The molecule has 0 amide bonds. The molecule has 1 saturated heterocycles. The molecule has 1 aromatic heterocycles. The van der Waals surface area contributed by atoms with Crippen LogP contribution in [0.4, 0.5) is 0 Å². The third-order valence-electron chi connectivity index (χ3n) is 6.62. The average Bonchev–Trinajstić information content (AvgIpc) is 3.09. The summed E-state index contributed by atoms with van der Waals surface area (Å²) in [5.74, 6) is -0.458. The Morgan fingerprint density at radius 1 is 1.11 bits per heavy atom. The van der Waals surface area contributed by atoms with Gasteiger partial charge in [0.1, 0.15) is 0 Å². The third kappa shape index (κ3) is 3.09. The molecule has 1 saturated carbocycles. The van der Waals surface area contributed by atoms with Gasteiger partial charge in [0.2, 0.25) is 0 Å². The number of hydrogen-bond acceptors (Lipinski definition) is 3. The van der Waals surface area contributed by atoms with Crippen molar-refractivity contribution >= 4 is 29.6 Å². The lowest BCUT2D eigenvalue weighted by molar-refractivity contribution is 0.00578. The van der Waals surface area contributed by atoms with E-state index in [1.165, 1.54) is 24.8 Å². The highest BCUT2D eigenvalue weighted by Gasteiger charge is 2.53. The number of benzene rings is 1. The highest BCUT2D eigenvalue weighted by molar-refractivity contribution is 6.62. The smallest absolute Gasteiger partial charge is 0.478 e. The number of nitrogens with one attached hydrogen (secondary N) is 1. The first kappa shape index (κ1) is 18.6. The lowest BCUT2D eigenvalue weighted by atomic mass is 9.74. The molecule has 144 valence electrons. The van der Waals surface area contributed by atoms with E-state index >= 15 is 0 Å². The van der Waals surface area contributed by atoms with Crippen molar-refractivity contribution in [3.63, 3.8) is 0 Å². The molecule has 2 aliphatic rings. The maximum atomic E-state index is 11.4. The second-order valence-electron chi connectivity index (χ2n) is 8.94. The lowest BCUT2D eigenvalue weighted by Gasteiger charge is -2.32. The van der Waals surface area contributed by atoms with Crippen molar-refractivity contribution in [3.05, 3.63) is 29.3 Å². The van der Waals surface area contributed by atoms with Crippen LogP contribution in [0.3, 0.4) is 0 Å². The van der Waals surface area contributed by atoms with Gasteiger partial charge < -0.3 is 19.4 Å². The molecule has 5 nitrogen and oxygen atoms in total. The number of carbonyl (C=O) groups is 1. The standard InChI is InChI=1S/C21H28BNO4/c1-20(2)21(3,4)27-22(26-20)18-17(13-8-6-5-7-9-13)15-11-10-14(19(24)25)12-16(15)23-18/h10-13,23H,5-9H2,1-4H3,(H,24,25). The number of fused-ring (bicyclic) bond motifs is 1. The summed E-state index contributed by atoms with van der Waals surface area (Å²) in [7, 11) is -0.465. The Kier molecular flexibility index (Phi) is 4.39. The molecule has 0 unspecified atom stereocenters. The molecule has 2 aromatic rings. The molecule has 0 atom stereocenters. The van der Waals surface area contributed by atoms with Gasteiger partial charge >= 0.3 is 13.1 Å². The molecule has 0 bridgehead atoms. The highest BCUT2D eigenvalue weighted by Crippen LogP contribution is 2.40. The Bertz CT molecular complexity index is 864. The van der Waals surface area contributed by atoms with Gasteiger partial charge in [0.05, 0.1) is 16.8 Å². The Hall–Kier alpha value is -1.79. The number of H-pyrrole nitrogens is 1. The first-order valence-electron chi connectivity index (χ1n) is 9.94. The first-order valence-corrected chi connectivity index (χ1v) is 9.94. The van der Waals surface area contributed by atoms with Gasteiger partial charge in [-0.15, -0.1) is 0 Å². The van der Waals surface area contributed by atoms with Gasteiger partial charge in [-0.3, -0.25) is 0 Å². The van der Waals surface area contributed by atoms with Crippen LogP contribution in [0, 0.1) is 0 Å². The van der Waals surface area contributed by atoms with Crippen LogP contribution in [0.5, 0.6) is 0 Å². The summed E-state index contributed by atoms with van der Waals surface area (Å²) >= 11 is 0. The predicted molar refractivity (Wildman–Crippen MR) is 107 cm³/mol. The number of hydrogen-bond donors (Lipinski definition) is 2. The van der Waals surface area contributed by atoms with Crippen LogP contribution < -0.4 is 5.59 Å². The van der Waals surface area contributed by atoms with Crippen molar-refractivity contribution in [2.24, 2.45) is 0 Å². The van der Waals surface area contributed by atoms with Crippen LogP contribution in [-0.2, 0) is 9.31 Å². The van der Waals surface area contributed by atoms with Crippen molar-refractivity contribution in [3.8, 4) is 0 Å². The fourth-order valence-corrected chi connectivity index (χ4v) is 4.35. The molecule has 0 spiro atoms. The molecule has 2 N–H and O–H groups in total. The van der Waals surface area contributed by atoms with Gasteiger partial charge in [-0.25, -0.2) is 4.79 Å². The monoisotopic (exact) mass is 369 g/mol. The third-order valence-corrected chi connectivity index (χ3v) is 6.62. The van der Waals surface area contributed by atoms with E-state index in [1.54, 1.807) is 12.1 Å². The maximum Gasteiger partial charge on any atom is 0.512 e. The van der Waals surface area contributed by atoms with E-state index in [1.807, 2.05) is 6.07 Å². The predicted octanol–water partition coefficient (Wildman–Crippen LogP) is 4.21. The number of aromatic nitrogens is 1. The van der Waals surface area contributed by atoms with Crippen LogP contribution in [0.1, 0.15) is 81.6 Å². The van der Waals surface area contributed by atoms with E-state index in [2.05, 4.69) is 32.7 Å². The van der Waals surface area contributed by atoms with Gasteiger partial charge in [-0.05, 0) is 64.2 Å². The minimum atomic E-state index is -0.914. The fourth-order valence-electron chi connectivity index (χ4n) is 4.35. The van der Waals surface area contributed by atoms with Crippen LogP contribution in [0.2, 0.25) is 0 Å². The summed E-state index contributed by atoms with van der Waals surface area (Å²) in [6.07, 6.45) is 6.05. The van der Waals surface area contributed by atoms with Gasteiger partial charge in [-0.1, -0.05) is 25.3 Å². The number of aromatic carboxylic acids is 1. The average molecular weight is 369 g/mol. The molecule has 6 heteroatoms. The second kappa shape index (κ2) is 6.38. The largest absolute Gasteiger partial charge is 0.512 e. The summed E-state index contributed by atoms with van der Waals surface area (Å²) < 4.78 is 12.6. The van der Waals surface area contributed by atoms with E-state index in [4.69, 9.17) is 9.31 Å². The maximum absolute atomic E-state index is 11.4. The van der Waals surface area contributed by atoms with Gasteiger partial charge in [0.15, 0.2) is 0 Å². The molecular weight excluding hydrogens is 341 g/mol. The number of carboxylic acids is 1. The molecule has 2 heterocycles. The summed E-state index contributed by atoms with van der Waals surface area (Å²) in [5.41, 5.74) is 2.52. The Morgan fingerprint density at radius 2 is 1.74 bits per heavy atom. The van der Waals surface area contributed by atoms with Crippen LogP contribution >= 0.6 is 0 Å².